The Bertz CT molecular complexity index is 1010. The van der Waals surface area contributed by atoms with E-state index >= 15 is 0 Å². The zero-order valence-corrected chi connectivity index (χ0v) is 16.8. The lowest BCUT2D eigenvalue weighted by Gasteiger charge is -2.33. The first kappa shape index (κ1) is 18.3. The SMILES string of the molecule is c1ccc(C2OP(c3ccccc3)OC2(c2ccccc2)c2ccccc2)cc1. The third-order valence-corrected chi connectivity index (χ3v) is 6.85. The molecule has 5 rings (SSSR count). The molecular formula is C26H21O2P. The molecule has 3 heteroatoms. The molecule has 0 radical (unpaired) electrons. The Hall–Kier alpha value is -2.77. The summed E-state index contributed by atoms with van der Waals surface area (Å²) in [6.45, 7) is 0. The van der Waals surface area contributed by atoms with Crippen molar-refractivity contribution in [3.63, 3.8) is 0 Å². The van der Waals surface area contributed by atoms with E-state index in [2.05, 4.69) is 84.9 Å². The van der Waals surface area contributed by atoms with E-state index in [-0.39, 0.29) is 6.10 Å². The van der Waals surface area contributed by atoms with Crippen molar-refractivity contribution in [2.24, 2.45) is 0 Å². The molecule has 0 saturated carbocycles. The molecule has 0 N–H and O–H groups in total. The van der Waals surface area contributed by atoms with E-state index in [0.29, 0.717) is 0 Å². The normalized spacial score (nSPS) is 20.4. The van der Waals surface area contributed by atoms with E-state index in [1.165, 1.54) is 0 Å². The number of rotatable bonds is 4. The quantitative estimate of drug-likeness (QED) is 0.374. The van der Waals surface area contributed by atoms with Crippen molar-refractivity contribution in [1.82, 2.24) is 0 Å². The van der Waals surface area contributed by atoms with Crippen molar-refractivity contribution in [3.8, 4) is 0 Å². The van der Waals surface area contributed by atoms with Crippen LogP contribution in [0.5, 0.6) is 0 Å². The Kier molecular flexibility index (Phi) is 4.99. The summed E-state index contributed by atoms with van der Waals surface area (Å²) in [5.74, 6) is 0. The Labute approximate surface area is 172 Å². The van der Waals surface area contributed by atoms with Crippen LogP contribution >= 0.6 is 8.38 Å². The molecule has 2 atom stereocenters. The molecule has 0 aliphatic carbocycles. The van der Waals surface area contributed by atoms with Crippen LogP contribution in [0.15, 0.2) is 121 Å². The van der Waals surface area contributed by atoms with E-state index in [0.717, 1.165) is 22.0 Å². The molecule has 4 aromatic rings. The second kappa shape index (κ2) is 7.93. The molecule has 0 spiro atoms. The number of benzene rings is 4. The van der Waals surface area contributed by atoms with Crippen LogP contribution in [0.2, 0.25) is 0 Å². The Morgan fingerprint density at radius 3 is 1.52 bits per heavy atom. The molecule has 1 saturated heterocycles. The second-order valence-corrected chi connectivity index (χ2v) is 8.47. The lowest BCUT2D eigenvalue weighted by molar-refractivity contribution is 0.0737. The van der Waals surface area contributed by atoms with Crippen LogP contribution in [-0.2, 0) is 14.6 Å². The van der Waals surface area contributed by atoms with Crippen LogP contribution in [0.3, 0.4) is 0 Å². The highest BCUT2D eigenvalue weighted by molar-refractivity contribution is 7.56. The van der Waals surface area contributed by atoms with Gasteiger partial charge in [-0.15, -0.1) is 0 Å². The van der Waals surface area contributed by atoms with E-state index in [4.69, 9.17) is 9.05 Å². The standard InChI is InChI=1S/C26H21O2P/c1-5-13-21(14-6-1)25-26(22-15-7-2-8-16-22,23-17-9-3-10-18-23)28-29(27-25)24-19-11-4-12-20-24/h1-20,25H. The summed E-state index contributed by atoms with van der Waals surface area (Å²) in [5, 5.41) is 1.08. The average Bonchev–Trinajstić information content (AvgIpc) is 3.23. The zero-order valence-electron chi connectivity index (χ0n) is 15.9. The van der Waals surface area contributed by atoms with Crippen molar-refractivity contribution in [1.29, 1.82) is 0 Å². The van der Waals surface area contributed by atoms with E-state index in [1.807, 2.05) is 36.4 Å². The maximum atomic E-state index is 6.92. The van der Waals surface area contributed by atoms with Gasteiger partial charge in [0.2, 0.25) is 8.38 Å². The summed E-state index contributed by atoms with van der Waals surface area (Å²) >= 11 is 0. The third-order valence-electron chi connectivity index (χ3n) is 5.27. The molecule has 0 bridgehead atoms. The molecule has 0 amide bonds. The average molecular weight is 396 g/mol. The molecular weight excluding hydrogens is 375 g/mol. The van der Waals surface area contributed by atoms with Gasteiger partial charge < -0.3 is 9.05 Å². The summed E-state index contributed by atoms with van der Waals surface area (Å²) in [4.78, 5) is 0. The first-order chi connectivity index (χ1) is 14.4. The molecule has 0 aromatic heterocycles. The van der Waals surface area contributed by atoms with E-state index in [9.17, 15) is 0 Å². The van der Waals surface area contributed by atoms with Crippen molar-refractivity contribution < 1.29 is 9.05 Å². The molecule has 2 unspecified atom stereocenters. The molecule has 1 heterocycles. The van der Waals surface area contributed by atoms with Crippen LogP contribution in [0, 0.1) is 0 Å². The summed E-state index contributed by atoms with van der Waals surface area (Å²) in [5.41, 5.74) is 2.59. The predicted octanol–water partition coefficient (Wildman–Crippen LogP) is 6.36. The van der Waals surface area contributed by atoms with Gasteiger partial charge in [0.05, 0.1) is 0 Å². The molecule has 29 heavy (non-hydrogen) atoms. The van der Waals surface area contributed by atoms with Crippen molar-refractivity contribution in [3.05, 3.63) is 138 Å². The van der Waals surface area contributed by atoms with Gasteiger partial charge in [-0.3, -0.25) is 0 Å². The van der Waals surface area contributed by atoms with Gasteiger partial charge in [-0.2, -0.15) is 0 Å². The van der Waals surface area contributed by atoms with E-state index in [1.54, 1.807) is 0 Å². The highest BCUT2D eigenvalue weighted by Gasteiger charge is 2.54. The van der Waals surface area contributed by atoms with Crippen LogP contribution in [0.4, 0.5) is 0 Å². The van der Waals surface area contributed by atoms with Crippen LogP contribution < -0.4 is 5.30 Å². The fourth-order valence-electron chi connectivity index (χ4n) is 3.90. The first-order valence-corrected chi connectivity index (χ1v) is 10.9. The zero-order chi connectivity index (χ0) is 19.5. The molecule has 142 valence electrons. The lowest BCUT2D eigenvalue weighted by Crippen LogP contribution is -2.33. The molecule has 1 fully saturated rings. The maximum Gasteiger partial charge on any atom is 0.207 e. The molecule has 1 aliphatic heterocycles. The van der Waals surface area contributed by atoms with Gasteiger partial charge in [0.1, 0.15) is 6.10 Å². The topological polar surface area (TPSA) is 18.5 Å². The Morgan fingerprint density at radius 1 is 0.552 bits per heavy atom. The largest absolute Gasteiger partial charge is 0.319 e. The van der Waals surface area contributed by atoms with Crippen LogP contribution in [0.1, 0.15) is 22.8 Å². The summed E-state index contributed by atoms with van der Waals surface area (Å²) in [7, 11) is -1.24. The minimum Gasteiger partial charge on any atom is -0.319 e. The predicted molar refractivity (Wildman–Crippen MR) is 118 cm³/mol. The number of hydrogen-bond acceptors (Lipinski definition) is 2. The van der Waals surface area contributed by atoms with Gasteiger partial charge in [-0.1, -0.05) is 109 Å². The second-order valence-electron chi connectivity index (χ2n) is 7.05. The van der Waals surface area contributed by atoms with Gasteiger partial charge in [-0.25, -0.2) is 0 Å². The summed E-state index contributed by atoms with van der Waals surface area (Å²) in [6, 6.07) is 41.5. The minimum atomic E-state index is -1.24. The van der Waals surface area contributed by atoms with Crippen molar-refractivity contribution in [2.75, 3.05) is 0 Å². The third kappa shape index (κ3) is 3.30. The molecule has 1 aliphatic rings. The fraction of sp³-hybridized carbons (Fsp3) is 0.0769. The highest BCUT2D eigenvalue weighted by Crippen LogP contribution is 2.64. The van der Waals surface area contributed by atoms with Crippen molar-refractivity contribution >= 4 is 13.7 Å². The Balaban J connectivity index is 1.73. The summed E-state index contributed by atoms with van der Waals surface area (Å²) < 4.78 is 13.6. The summed E-state index contributed by atoms with van der Waals surface area (Å²) in [6.07, 6.45) is -0.250. The lowest BCUT2D eigenvalue weighted by atomic mass is 9.79. The van der Waals surface area contributed by atoms with Crippen molar-refractivity contribution in [2.45, 2.75) is 11.7 Å². The fourth-order valence-corrected chi connectivity index (χ4v) is 5.62. The molecule has 2 nitrogen and oxygen atoms in total. The first-order valence-electron chi connectivity index (χ1n) is 9.75. The Morgan fingerprint density at radius 2 is 1.00 bits per heavy atom. The van der Waals surface area contributed by atoms with Crippen LogP contribution in [-0.4, -0.2) is 0 Å². The van der Waals surface area contributed by atoms with Gasteiger partial charge >= 0.3 is 0 Å². The number of hydrogen-bond donors (Lipinski definition) is 0. The van der Waals surface area contributed by atoms with Gasteiger partial charge in [0.25, 0.3) is 0 Å². The maximum absolute atomic E-state index is 6.92. The van der Waals surface area contributed by atoms with Gasteiger partial charge in [0.15, 0.2) is 5.60 Å². The van der Waals surface area contributed by atoms with Gasteiger partial charge in [-0.05, 0) is 28.8 Å². The molecule has 4 aromatic carbocycles. The monoisotopic (exact) mass is 396 g/mol. The van der Waals surface area contributed by atoms with Crippen LogP contribution in [0.25, 0.3) is 0 Å². The van der Waals surface area contributed by atoms with E-state index < -0.39 is 14.0 Å². The smallest absolute Gasteiger partial charge is 0.207 e. The minimum absolute atomic E-state index is 0.250. The van der Waals surface area contributed by atoms with Gasteiger partial charge in [0, 0.05) is 5.30 Å². The highest BCUT2D eigenvalue weighted by atomic mass is 31.2.